The zero-order valence-corrected chi connectivity index (χ0v) is 18.2. The highest BCUT2D eigenvalue weighted by molar-refractivity contribution is 5.70. The third-order valence-electron chi connectivity index (χ3n) is 5.77. The third kappa shape index (κ3) is 4.79. The Hall–Kier alpha value is -3.29. The molecule has 0 N–H and O–H groups in total. The number of ether oxygens (including phenoxy) is 2. The van der Waals surface area contributed by atoms with Gasteiger partial charge in [-0.2, -0.15) is 0 Å². The highest BCUT2D eigenvalue weighted by Crippen LogP contribution is 2.34. The number of methoxy groups -OCH3 is 1. The maximum atomic E-state index is 14.7. The molecule has 168 valence electrons. The van der Waals surface area contributed by atoms with Crippen molar-refractivity contribution in [3.63, 3.8) is 0 Å². The van der Waals surface area contributed by atoms with Gasteiger partial charge in [0.15, 0.2) is 17.4 Å². The second-order valence-corrected chi connectivity index (χ2v) is 7.83. The zero-order valence-electron chi connectivity index (χ0n) is 18.2. The summed E-state index contributed by atoms with van der Waals surface area (Å²) in [5, 5.41) is 0. The van der Waals surface area contributed by atoms with E-state index in [0.717, 1.165) is 43.9 Å². The molecule has 0 unspecified atom stereocenters. The number of hydrogen-bond donors (Lipinski definition) is 0. The van der Waals surface area contributed by atoms with Crippen molar-refractivity contribution in [1.82, 2.24) is 15.0 Å². The summed E-state index contributed by atoms with van der Waals surface area (Å²) >= 11 is 0. The molecule has 0 bridgehead atoms. The molecule has 0 radical (unpaired) electrons. The van der Waals surface area contributed by atoms with Crippen molar-refractivity contribution in [2.75, 3.05) is 31.7 Å². The van der Waals surface area contributed by atoms with Gasteiger partial charge in [-0.05, 0) is 54.5 Å². The van der Waals surface area contributed by atoms with Crippen LogP contribution in [-0.4, -0.2) is 41.8 Å². The molecule has 1 aliphatic heterocycles. The standard InChI is InChI=1S/C24H26F2N4O2/c1-3-16-12-28-24(29-13-16)30-8-5-17(6-9-30)15-32-23-20(25)10-18(11-21(23)26)19-4-7-27-14-22(19)31-2/h4,7,10-14,17H,3,5-6,8-9,15H2,1-2H3. The lowest BCUT2D eigenvalue weighted by molar-refractivity contribution is 0.207. The van der Waals surface area contributed by atoms with Gasteiger partial charge in [0.1, 0.15) is 5.75 Å². The fraction of sp³-hybridized carbons (Fsp3) is 0.375. The van der Waals surface area contributed by atoms with Gasteiger partial charge >= 0.3 is 0 Å². The summed E-state index contributed by atoms with van der Waals surface area (Å²) in [5.74, 6) is -0.440. The predicted molar refractivity (Wildman–Crippen MR) is 118 cm³/mol. The second kappa shape index (κ2) is 9.89. The van der Waals surface area contributed by atoms with Gasteiger partial charge in [-0.3, -0.25) is 4.98 Å². The molecule has 32 heavy (non-hydrogen) atoms. The minimum absolute atomic E-state index is 0.208. The first kappa shape index (κ1) is 21.9. The van der Waals surface area contributed by atoms with Crippen LogP contribution in [0.1, 0.15) is 25.3 Å². The second-order valence-electron chi connectivity index (χ2n) is 7.83. The van der Waals surface area contributed by atoms with E-state index in [-0.39, 0.29) is 18.3 Å². The summed E-state index contributed by atoms with van der Waals surface area (Å²) in [7, 11) is 1.49. The Morgan fingerprint density at radius 1 is 1.06 bits per heavy atom. The van der Waals surface area contributed by atoms with E-state index in [1.165, 1.54) is 25.4 Å². The third-order valence-corrected chi connectivity index (χ3v) is 5.77. The lowest BCUT2D eigenvalue weighted by Crippen LogP contribution is -2.36. The number of halogens is 2. The number of rotatable bonds is 7. The molecule has 8 heteroatoms. The van der Waals surface area contributed by atoms with Crippen molar-refractivity contribution in [3.8, 4) is 22.6 Å². The van der Waals surface area contributed by atoms with Gasteiger partial charge in [0.2, 0.25) is 5.95 Å². The Bertz CT molecular complexity index is 1030. The van der Waals surface area contributed by atoms with Gasteiger partial charge in [0, 0.05) is 37.2 Å². The van der Waals surface area contributed by atoms with E-state index in [4.69, 9.17) is 9.47 Å². The topological polar surface area (TPSA) is 60.4 Å². The van der Waals surface area contributed by atoms with Crippen molar-refractivity contribution in [3.05, 3.63) is 60.2 Å². The van der Waals surface area contributed by atoms with E-state index < -0.39 is 11.6 Å². The van der Waals surface area contributed by atoms with Gasteiger partial charge in [-0.15, -0.1) is 0 Å². The predicted octanol–water partition coefficient (Wildman–Crippen LogP) is 4.68. The molecule has 3 aromatic rings. The van der Waals surface area contributed by atoms with Crippen LogP contribution in [0, 0.1) is 17.6 Å². The average molecular weight is 440 g/mol. The Morgan fingerprint density at radius 3 is 2.38 bits per heavy atom. The van der Waals surface area contributed by atoms with E-state index >= 15 is 0 Å². The fourth-order valence-corrected chi connectivity index (χ4v) is 3.83. The Labute approximate surface area is 186 Å². The minimum atomic E-state index is -0.735. The van der Waals surface area contributed by atoms with E-state index in [2.05, 4.69) is 26.8 Å². The van der Waals surface area contributed by atoms with Crippen LogP contribution in [0.5, 0.6) is 11.5 Å². The molecule has 1 saturated heterocycles. The summed E-state index contributed by atoms with van der Waals surface area (Å²) in [5.41, 5.74) is 2.04. The van der Waals surface area contributed by atoms with Crippen LogP contribution in [0.4, 0.5) is 14.7 Å². The molecule has 0 saturated carbocycles. The SMILES string of the molecule is CCc1cnc(N2CCC(COc3c(F)cc(-c4ccncc4OC)cc3F)CC2)nc1. The molecule has 1 aromatic carbocycles. The van der Waals surface area contributed by atoms with Crippen LogP contribution in [0.2, 0.25) is 0 Å². The van der Waals surface area contributed by atoms with E-state index in [9.17, 15) is 8.78 Å². The number of pyridine rings is 1. The van der Waals surface area contributed by atoms with Crippen LogP contribution in [0.3, 0.4) is 0 Å². The Morgan fingerprint density at radius 2 is 1.75 bits per heavy atom. The van der Waals surface area contributed by atoms with Gasteiger partial charge in [0.05, 0.1) is 19.9 Å². The van der Waals surface area contributed by atoms with E-state index in [0.29, 0.717) is 16.9 Å². The highest BCUT2D eigenvalue weighted by atomic mass is 19.1. The smallest absolute Gasteiger partial charge is 0.225 e. The number of piperidine rings is 1. The molecule has 4 rings (SSSR count). The van der Waals surface area contributed by atoms with Crippen LogP contribution >= 0.6 is 0 Å². The van der Waals surface area contributed by atoms with Crippen molar-refractivity contribution >= 4 is 5.95 Å². The number of anilines is 1. The molecule has 1 aliphatic rings. The molecule has 3 heterocycles. The molecule has 0 spiro atoms. The Kier molecular flexibility index (Phi) is 6.78. The van der Waals surface area contributed by atoms with Crippen LogP contribution in [0.25, 0.3) is 11.1 Å². The van der Waals surface area contributed by atoms with Crippen molar-refractivity contribution in [2.45, 2.75) is 26.2 Å². The monoisotopic (exact) mass is 440 g/mol. The number of benzene rings is 1. The highest BCUT2D eigenvalue weighted by Gasteiger charge is 2.23. The number of aromatic nitrogens is 3. The first-order chi connectivity index (χ1) is 15.6. The molecule has 0 amide bonds. The maximum Gasteiger partial charge on any atom is 0.225 e. The first-order valence-corrected chi connectivity index (χ1v) is 10.7. The minimum Gasteiger partial charge on any atom is -0.494 e. The van der Waals surface area contributed by atoms with Crippen molar-refractivity contribution in [2.24, 2.45) is 5.92 Å². The van der Waals surface area contributed by atoms with Crippen LogP contribution in [0.15, 0.2) is 43.0 Å². The van der Waals surface area contributed by atoms with Gasteiger partial charge < -0.3 is 14.4 Å². The molecule has 6 nitrogen and oxygen atoms in total. The first-order valence-electron chi connectivity index (χ1n) is 10.7. The number of aryl methyl sites for hydroxylation is 1. The number of nitrogens with zero attached hydrogens (tertiary/aromatic N) is 4. The summed E-state index contributed by atoms with van der Waals surface area (Å²) in [6.07, 6.45) is 9.36. The summed E-state index contributed by atoms with van der Waals surface area (Å²) < 4.78 is 40.2. The van der Waals surface area contributed by atoms with Crippen LogP contribution < -0.4 is 14.4 Å². The largest absolute Gasteiger partial charge is 0.494 e. The fourth-order valence-electron chi connectivity index (χ4n) is 3.83. The molecule has 1 fully saturated rings. The molecule has 0 aliphatic carbocycles. The zero-order chi connectivity index (χ0) is 22.5. The van der Waals surface area contributed by atoms with Gasteiger partial charge in [0.25, 0.3) is 0 Å². The molecule has 0 atom stereocenters. The van der Waals surface area contributed by atoms with E-state index in [1.54, 1.807) is 12.3 Å². The lowest BCUT2D eigenvalue weighted by Gasteiger charge is -2.31. The summed E-state index contributed by atoms with van der Waals surface area (Å²) in [6.45, 7) is 3.89. The van der Waals surface area contributed by atoms with Gasteiger partial charge in [-0.1, -0.05) is 6.92 Å². The average Bonchev–Trinajstić information content (AvgIpc) is 2.84. The summed E-state index contributed by atoms with van der Waals surface area (Å²) in [4.78, 5) is 15.0. The Balaban J connectivity index is 1.37. The molecular weight excluding hydrogens is 414 g/mol. The summed E-state index contributed by atoms with van der Waals surface area (Å²) in [6, 6.07) is 4.17. The molecular formula is C24H26F2N4O2. The van der Waals surface area contributed by atoms with E-state index in [1.807, 2.05) is 12.4 Å². The van der Waals surface area contributed by atoms with Crippen LogP contribution in [-0.2, 0) is 6.42 Å². The number of hydrogen-bond acceptors (Lipinski definition) is 6. The quantitative estimate of drug-likeness (QED) is 0.532. The lowest BCUT2D eigenvalue weighted by atomic mass is 9.98. The van der Waals surface area contributed by atoms with Crippen molar-refractivity contribution < 1.29 is 18.3 Å². The molecule has 2 aromatic heterocycles. The van der Waals surface area contributed by atoms with Crippen molar-refractivity contribution in [1.29, 1.82) is 0 Å². The normalized spacial score (nSPS) is 14.4. The maximum absolute atomic E-state index is 14.7. The van der Waals surface area contributed by atoms with Gasteiger partial charge in [-0.25, -0.2) is 18.7 Å².